The van der Waals surface area contributed by atoms with Crippen molar-refractivity contribution in [1.29, 1.82) is 0 Å². The maximum atomic E-state index is 14.1. The minimum atomic E-state index is -4.87. The van der Waals surface area contributed by atoms with Crippen molar-refractivity contribution >= 4 is 34.0 Å². The third-order valence-corrected chi connectivity index (χ3v) is 5.52. The van der Waals surface area contributed by atoms with Gasteiger partial charge in [0.25, 0.3) is 5.91 Å². The number of amides is 1. The Morgan fingerprint density at radius 1 is 1.06 bits per heavy atom. The lowest BCUT2D eigenvalue weighted by molar-refractivity contribution is -0.143. The number of alkyl halides is 3. The van der Waals surface area contributed by atoms with Gasteiger partial charge in [0.2, 0.25) is 0 Å². The summed E-state index contributed by atoms with van der Waals surface area (Å²) in [4.78, 5) is 21.0. The van der Waals surface area contributed by atoms with Crippen LogP contribution < -0.4 is 5.32 Å². The largest absolute Gasteiger partial charge is 0.434 e. The number of rotatable bonds is 4. The summed E-state index contributed by atoms with van der Waals surface area (Å²) >= 11 is 6.30. The Kier molecular flexibility index (Phi) is 5.48. The Bertz CT molecular complexity index is 1570. The summed E-state index contributed by atoms with van der Waals surface area (Å²) in [5, 5.41) is 11.9. The average Bonchev–Trinajstić information content (AvgIpc) is 3.45. The summed E-state index contributed by atoms with van der Waals surface area (Å²) in [6.45, 7) is 1.71. The molecule has 0 fully saturated rings. The predicted octanol–water partition coefficient (Wildman–Crippen LogP) is 5.23. The molecule has 35 heavy (non-hydrogen) atoms. The van der Waals surface area contributed by atoms with Crippen molar-refractivity contribution in [3.8, 4) is 11.4 Å². The molecule has 0 aliphatic rings. The highest BCUT2D eigenvalue weighted by Gasteiger charge is 2.41. The number of nitrogens with zero attached hydrogens (tertiary/aromatic N) is 6. The van der Waals surface area contributed by atoms with Crippen LogP contribution >= 0.6 is 11.6 Å². The molecule has 2 aromatic carbocycles. The zero-order valence-corrected chi connectivity index (χ0v) is 18.7. The third kappa shape index (κ3) is 4.21. The molecule has 8 nitrogen and oxygen atoms in total. The Balaban J connectivity index is 1.51. The van der Waals surface area contributed by atoms with E-state index in [1.54, 1.807) is 37.3 Å². The highest BCUT2D eigenvalue weighted by molar-refractivity contribution is 6.32. The molecule has 0 bridgehead atoms. The van der Waals surface area contributed by atoms with E-state index in [0.29, 0.717) is 27.0 Å². The molecule has 5 rings (SSSR count). The molecule has 176 valence electrons. The topological polar surface area (TPSA) is 90.5 Å². The van der Waals surface area contributed by atoms with E-state index in [9.17, 15) is 18.0 Å². The number of hydrogen-bond acceptors (Lipinski definition) is 5. The first kappa shape index (κ1) is 22.5. The molecule has 0 spiro atoms. The Labute approximate surface area is 201 Å². The average molecular weight is 498 g/mol. The van der Waals surface area contributed by atoms with Crippen LogP contribution in [0.3, 0.4) is 0 Å². The number of aryl methyl sites for hydroxylation is 1. The zero-order chi connectivity index (χ0) is 24.7. The molecule has 5 aromatic rings. The highest BCUT2D eigenvalue weighted by atomic mass is 35.5. The Morgan fingerprint density at radius 2 is 1.86 bits per heavy atom. The van der Waals surface area contributed by atoms with Crippen LogP contribution in [0, 0.1) is 6.92 Å². The van der Waals surface area contributed by atoms with Crippen molar-refractivity contribution in [2.24, 2.45) is 0 Å². The van der Waals surface area contributed by atoms with Gasteiger partial charge in [-0.25, -0.2) is 14.3 Å². The molecular formula is C23H15ClF3N7O. The zero-order valence-electron chi connectivity index (χ0n) is 18.0. The second-order valence-corrected chi connectivity index (χ2v) is 7.96. The predicted molar refractivity (Wildman–Crippen MR) is 123 cm³/mol. The van der Waals surface area contributed by atoms with Crippen molar-refractivity contribution in [3.05, 3.63) is 89.5 Å². The van der Waals surface area contributed by atoms with Crippen LogP contribution in [0.5, 0.6) is 0 Å². The minimum absolute atomic E-state index is 0.102. The van der Waals surface area contributed by atoms with E-state index < -0.39 is 23.3 Å². The summed E-state index contributed by atoms with van der Waals surface area (Å²) in [5.74, 6) is -0.450. The molecule has 1 N–H and O–H groups in total. The molecule has 0 saturated heterocycles. The molecule has 0 saturated carbocycles. The molecule has 1 amide bonds. The number of aromatic nitrogens is 6. The van der Waals surface area contributed by atoms with Crippen LogP contribution in [0.2, 0.25) is 5.02 Å². The summed E-state index contributed by atoms with van der Waals surface area (Å²) in [7, 11) is 0. The van der Waals surface area contributed by atoms with Crippen molar-refractivity contribution in [2.45, 2.75) is 13.1 Å². The summed E-state index contributed by atoms with van der Waals surface area (Å²) in [5.41, 5.74) is -1.05. The van der Waals surface area contributed by atoms with Gasteiger partial charge >= 0.3 is 6.18 Å². The second-order valence-electron chi connectivity index (χ2n) is 7.55. The number of fused-ring (bicyclic) bond motifs is 1. The molecular weight excluding hydrogens is 483 g/mol. The van der Waals surface area contributed by atoms with E-state index in [1.165, 1.54) is 35.5 Å². The first-order valence-electron chi connectivity index (χ1n) is 10.2. The number of hydrogen-bond donors (Lipinski definition) is 1. The number of halogens is 4. The fraction of sp³-hybridized carbons (Fsp3) is 0.0870. The molecule has 0 radical (unpaired) electrons. The van der Waals surface area contributed by atoms with Gasteiger partial charge in [-0.05, 0) is 25.1 Å². The quantitative estimate of drug-likeness (QED) is 0.367. The number of anilines is 1. The molecule has 3 heterocycles. The monoisotopic (exact) mass is 497 g/mol. The maximum Gasteiger partial charge on any atom is 0.434 e. The Morgan fingerprint density at radius 3 is 2.57 bits per heavy atom. The van der Waals surface area contributed by atoms with Gasteiger partial charge in [0.1, 0.15) is 12.2 Å². The van der Waals surface area contributed by atoms with Gasteiger partial charge in [0.15, 0.2) is 5.69 Å². The standard InChI is InChI=1S/C23H15ClF3N7O/c1-13-29-12-33(32-13)19-7-6-15(8-18(19)24)31-22(35)17-10-30-34(21(17)23(25,26)27)20-11-28-9-14-4-2-3-5-16(14)20/h2-12H,1H3,(H,31,35). The highest BCUT2D eigenvalue weighted by Crippen LogP contribution is 2.35. The molecule has 0 unspecified atom stereocenters. The number of carbonyl (C=O) groups excluding carboxylic acids is 1. The first-order valence-corrected chi connectivity index (χ1v) is 10.6. The lowest BCUT2D eigenvalue weighted by atomic mass is 10.1. The smallest absolute Gasteiger partial charge is 0.322 e. The van der Waals surface area contributed by atoms with E-state index in [-0.39, 0.29) is 16.4 Å². The van der Waals surface area contributed by atoms with Gasteiger partial charge in [-0.15, -0.1) is 0 Å². The number of nitrogens with one attached hydrogen (secondary N) is 1. The molecule has 0 aliphatic heterocycles. The normalized spacial score (nSPS) is 11.7. The van der Waals surface area contributed by atoms with Gasteiger partial charge in [-0.3, -0.25) is 9.78 Å². The van der Waals surface area contributed by atoms with Crippen molar-refractivity contribution in [3.63, 3.8) is 0 Å². The van der Waals surface area contributed by atoms with Gasteiger partial charge in [-0.1, -0.05) is 35.9 Å². The molecule has 3 aromatic heterocycles. The fourth-order valence-electron chi connectivity index (χ4n) is 3.67. The number of pyridine rings is 1. The maximum absolute atomic E-state index is 14.1. The van der Waals surface area contributed by atoms with Crippen LogP contribution in [0.25, 0.3) is 22.1 Å². The van der Waals surface area contributed by atoms with Crippen molar-refractivity contribution in [1.82, 2.24) is 29.5 Å². The third-order valence-electron chi connectivity index (χ3n) is 5.22. The van der Waals surface area contributed by atoms with Gasteiger partial charge in [0, 0.05) is 22.7 Å². The van der Waals surface area contributed by atoms with Crippen LogP contribution in [0.4, 0.5) is 18.9 Å². The lowest BCUT2D eigenvalue weighted by Crippen LogP contribution is -2.21. The fourth-order valence-corrected chi connectivity index (χ4v) is 3.94. The van der Waals surface area contributed by atoms with Crippen LogP contribution in [-0.2, 0) is 6.18 Å². The molecule has 12 heteroatoms. The summed E-state index contributed by atoms with van der Waals surface area (Å²) < 4.78 is 44.5. The number of carbonyl (C=O) groups is 1. The van der Waals surface area contributed by atoms with Crippen LogP contribution in [0.1, 0.15) is 21.9 Å². The van der Waals surface area contributed by atoms with E-state index in [0.717, 1.165) is 6.20 Å². The summed E-state index contributed by atoms with van der Waals surface area (Å²) in [6, 6.07) is 11.3. The van der Waals surface area contributed by atoms with Crippen molar-refractivity contribution in [2.75, 3.05) is 5.32 Å². The van der Waals surface area contributed by atoms with Crippen LogP contribution in [-0.4, -0.2) is 35.4 Å². The van der Waals surface area contributed by atoms with Crippen molar-refractivity contribution < 1.29 is 18.0 Å². The second kappa shape index (κ2) is 8.51. The SMILES string of the molecule is Cc1ncn(-c2ccc(NC(=O)c3cnn(-c4cncc5ccccc45)c3C(F)(F)F)cc2Cl)n1. The van der Waals surface area contributed by atoms with Crippen LogP contribution in [0.15, 0.2) is 67.4 Å². The lowest BCUT2D eigenvalue weighted by Gasteiger charge is -2.14. The van der Waals surface area contributed by atoms with E-state index in [1.807, 2.05) is 0 Å². The van der Waals surface area contributed by atoms with Gasteiger partial charge in [0.05, 0.1) is 34.4 Å². The minimum Gasteiger partial charge on any atom is -0.322 e. The first-order chi connectivity index (χ1) is 16.7. The summed E-state index contributed by atoms with van der Waals surface area (Å²) in [6.07, 6.45) is 0.301. The Hall–Kier alpha value is -4.25. The van der Waals surface area contributed by atoms with E-state index in [4.69, 9.17) is 11.6 Å². The number of benzene rings is 2. The van der Waals surface area contributed by atoms with E-state index in [2.05, 4.69) is 25.5 Å². The molecule has 0 aliphatic carbocycles. The van der Waals surface area contributed by atoms with Gasteiger partial charge in [-0.2, -0.15) is 23.4 Å². The van der Waals surface area contributed by atoms with Gasteiger partial charge < -0.3 is 5.32 Å². The van der Waals surface area contributed by atoms with E-state index >= 15 is 0 Å². The molecule has 0 atom stereocenters.